The van der Waals surface area contributed by atoms with Crippen molar-refractivity contribution in [2.75, 3.05) is 13.2 Å². The maximum absolute atomic E-state index is 11.9. The van der Waals surface area contributed by atoms with Gasteiger partial charge in [-0.05, 0) is 44.9 Å². The SMILES string of the molecule is CC/C=C\CC(O)/C=C/C=C/C/C=C\C/C=C\C/C=C\CCC(=O)OC[C@@H](O)COC(=O)CCCCCCCCCCCC. The van der Waals surface area contributed by atoms with Crippen molar-refractivity contribution in [2.24, 2.45) is 0 Å². The molecule has 6 nitrogen and oxygen atoms in total. The summed E-state index contributed by atoms with van der Waals surface area (Å²) in [5.41, 5.74) is 0. The standard InChI is InChI=1S/C38H62O6/c1-3-5-7-8-9-10-17-20-23-27-31-37(41)43-33-36(40)34-44-38(42)32-28-24-21-18-15-13-11-12-14-16-19-22-26-30-35(39)29-25-6-4-2/h6,12-15,19,21-22,24-26,30,35-36,39-40H,3-5,7-11,16-18,20,23,27-29,31-34H2,1-2H3/b14-12-,15-13-,22-19+,24-21-,25-6-,30-26+/t35?,36-/m0/s1. The highest BCUT2D eigenvalue weighted by molar-refractivity contribution is 5.70. The number of aliphatic hydroxyl groups excluding tert-OH is 2. The number of hydrogen-bond acceptors (Lipinski definition) is 6. The van der Waals surface area contributed by atoms with Gasteiger partial charge in [0.15, 0.2) is 0 Å². The molecule has 0 aliphatic rings. The summed E-state index contributed by atoms with van der Waals surface area (Å²) in [6.45, 7) is 3.98. The zero-order valence-electron chi connectivity index (χ0n) is 27.8. The van der Waals surface area contributed by atoms with E-state index >= 15 is 0 Å². The molecule has 0 saturated carbocycles. The fourth-order valence-corrected chi connectivity index (χ4v) is 4.19. The first-order valence-corrected chi connectivity index (χ1v) is 17.1. The number of unbranched alkanes of at least 4 members (excludes halogenated alkanes) is 9. The van der Waals surface area contributed by atoms with Crippen LogP contribution in [-0.4, -0.2) is 47.6 Å². The molecule has 0 bridgehead atoms. The normalized spacial score (nSPS) is 13.8. The molecule has 0 saturated heterocycles. The number of allylic oxidation sites excluding steroid dienone is 10. The Balaban J connectivity index is 3.69. The van der Waals surface area contributed by atoms with Gasteiger partial charge in [-0.3, -0.25) is 9.59 Å². The van der Waals surface area contributed by atoms with Crippen LogP contribution in [0.15, 0.2) is 72.9 Å². The van der Waals surface area contributed by atoms with Crippen LogP contribution in [0.1, 0.15) is 129 Å². The number of carbonyl (C=O) groups excluding carboxylic acids is 2. The van der Waals surface area contributed by atoms with Gasteiger partial charge in [-0.15, -0.1) is 0 Å². The molecule has 0 aromatic carbocycles. The molecule has 0 amide bonds. The smallest absolute Gasteiger partial charge is 0.306 e. The maximum atomic E-state index is 11.9. The molecule has 1 unspecified atom stereocenters. The van der Waals surface area contributed by atoms with E-state index in [0.717, 1.165) is 44.9 Å². The van der Waals surface area contributed by atoms with Gasteiger partial charge in [0, 0.05) is 12.8 Å². The molecule has 0 spiro atoms. The second-order valence-electron chi connectivity index (χ2n) is 11.1. The van der Waals surface area contributed by atoms with Gasteiger partial charge >= 0.3 is 11.9 Å². The van der Waals surface area contributed by atoms with Crippen LogP contribution in [0.25, 0.3) is 0 Å². The molecule has 2 N–H and O–H groups in total. The lowest BCUT2D eigenvalue weighted by atomic mass is 10.1. The van der Waals surface area contributed by atoms with Crippen LogP contribution in [0.3, 0.4) is 0 Å². The highest BCUT2D eigenvalue weighted by Gasteiger charge is 2.11. The molecule has 250 valence electrons. The van der Waals surface area contributed by atoms with Crippen molar-refractivity contribution in [3.8, 4) is 0 Å². The summed E-state index contributed by atoms with van der Waals surface area (Å²) in [5, 5.41) is 19.7. The van der Waals surface area contributed by atoms with Gasteiger partial charge in [-0.25, -0.2) is 0 Å². The lowest BCUT2D eigenvalue weighted by Crippen LogP contribution is -2.25. The summed E-state index contributed by atoms with van der Waals surface area (Å²) in [6.07, 6.45) is 40.1. The minimum absolute atomic E-state index is 0.151. The summed E-state index contributed by atoms with van der Waals surface area (Å²) in [6, 6.07) is 0. The molecule has 0 aliphatic carbocycles. The maximum Gasteiger partial charge on any atom is 0.306 e. The Hall–Kier alpha value is -2.70. The Kier molecular flexibility index (Phi) is 31.2. The minimum Gasteiger partial charge on any atom is -0.463 e. The van der Waals surface area contributed by atoms with E-state index in [9.17, 15) is 19.8 Å². The van der Waals surface area contributed by atoms with E-state index in [4.69, 9.17) is 9.47 Å². The average Bonchev–Trinajstić information content (AvgIpc) is 3.01. The zero-order valence-corrected chi connectivity index (χ0v) is 27.8. The molecule has 2 atom stereocenters. The van der Waals surface area contributed by atoms with Crippen LogP contribution >= 0.6 is 0 Å². The van der Waals surface area contributed by atoms with Crippen LogP contribution in [0, 0.1) is 0 Å². The second-order valence-corrected chi connectivity index (χ2v) is 11.1. The van der Waals surface area contributed by atoms with Gasteiger partial charge in [-0.1, -0.05) is 145 Å². The number of carbonyl (C=O) groups is 2. The number of rotatable bonds is 29. The monoisotopic (exact) mass is 614 g/mol. The Morgan fingerprint density at radius 1 is 0.591 bits per heavy atom. The summed E-state index contributed by atoms with van der Waals surface area (Å²) in [7, 11) is 0. The molecular weight excluding hydrogens is 552 g/mol. The van der Waals surface area contributed by atoms with Crippen molar-refractivity contribution in [3.05, 3.63) is 72.9 Å². The van der Waals surface area contributed by atoms with E-state index in [2.05, 4.69) is 50.3 Å². The van der Waals surface area contributed by atoms with E-state index in [1.54, 1.807) is 6.08 Å². The molecule has 0 aromatic rings. The third-order valence-corrected chi connectivity index (χ3v) is 6.80. The summed E-state index contributed by atoms with van der Waals surface area (Å²) < 4.78 is 10.2. The van der Waals surface area contributed by atoms with Crippen LogP contribution < -0.4 is 0 Å². The first-order chi connectivity index (χ1) is 21.5. The first kappa shape index (κ1) is 41.3. The van der Waals surface area contributed by atoms with E-state index in [0.29, 0.717) is 19.3 Å². The number of hydrogen-bond donors (Lipinski definition) is 2. The molecule has 6 heteroatoms. The van der Waals surface area contributed by atoms with Crippen molar-refractivity contribution in [2.45, 2.75) is 142 Å². The largest absolute Gasteiger partial charge is 0.463 e. The van der Waals surface area contributed by atoms with Crippen molar-refractivity contribution in [1.82, 2.24) is 0 Å². The van der Waals surface area contributed by atoms with Crippen molar-refractivity contribution < 1.29 is 29.3 Å². The summed E-state index contributed by atoms with van der Waals surface area (Å²) >= 11 is 0. The number of ether oxygens (including phenoxy) is 2. The highest BCUT2D eigenvalue weighted by Crippen LogP contribution is 2.11. The van der Waals surface area contributed by atoms with Crippen LogP contribution in [0.5, 0.6) is 0 Å². The van der Waals surface area contributed by atoms with E-state index < -0.39 is 12.2 Å². The van der Waals surface area contributed by atoms with Crippen molar-refractivity contribution >= 4 is 11.9 Å². The number of aliphatic hydroxyl groups is 2. The zero-order chi connectivity index (χ0) is 32.4. The molecule has 0 heterocycles. The summed E-state index contributed by atoms with van der Waals surface area (Å²) in [4.78, 5) is 23.7. The Morgan fingerprint density at radius 2 is 1.11 bits per heavy atom. The van der Waals surface area contributed by atoms with Gasteiger partial charge in [0.2, 0.25) is 0 Å². The molecule has 0 rings (SSSR count). The van der Waals surface area contributed by atoms with Crippen LogP contribution in [-0.2, 0) is 19.1 Å². The van der Waals surface area contributed by atoms with Gasteiger partial charge in [0.25, 0.3) is 0 Å². The topological polar surface area (TPSA) is 93.1 Å². The van der Waals surface area contributed by atoms with E-state index in [1.165, 1.54) is 44.9 Å². The summed E-state index contributed by atoms with van der Waals surface area (Å²) in [5.74, 6) is -0.689. The van der Waals surface area contributed by atoms with Gasteiger partial charge < -0.3 is 19.7 Å². The van der Waals surface area contributed by atoms with Gasteiger partial charge in [0.1, 0.15) is 19.3 Å². The Bertz CT molecular complexity index is 851. The molecule has 0 aromatic heterocycles. The molecule has 44 heavy (non-hydrogen) atoms. The average molecular weight is 615 g/mol. The van der Waals surface area contributed by atoms with E-state index in [1.807, 2.05) is 30.4 Å². The van der Waals surface area contributed by atoms with Crippen LogP contribution in [0.2, 0.25) is 0 Å². The Morgan fingerprint density at radius 3 is 1.70 bits per heavy atom. The molecular formula is C38H62O6. The Labute approximate surface area is 268 Å². The lowest BCUT2D eigenvalue weighted by molar-refractivity contribution is -0.152. The second kappa shape index (κ2) is 33.2. The van der Waals surface area contributed by atoms with Crippen molar-refractivity contribution in [1.29, 1.82) is 0 Å². The molecule has 0 aliphatic heterocycles. The number of esters is 2. The predicted octanol–water partition coefficient (Wildman–Crippen LogP) is 9.19. The highest BCUT2D eigenvalue weighted by atomic mass is 16.6. The lowest BCUT2D eigenvalue weighted by Gasteiger charge is -2.12. The van der Waals surface area contributed by atoms with Gasteiger partial charge in [-0.2, -0.15) is 0 Å². The quantitative estimate of drug-likeness (QED) is 0.0378. The van der Waals surface area contributed by atoms with Crippen molar-refractivity contribution in [3.63, 3.8) is 0 Å². The van der Waals surface area contributed by atoms with Gasteiger partial charge in [0.05, 0.1) is 6.10 Å². The predicted molar refractivity (Wildman–Crippen MR) is 183 cm³/mol. The third-order valence-electron chi connectivity index (χ3n) is 6.80. The first-order valence-electron chi connectivity index (χ1n) is 17.1. The fraction of sp³-hybridized carbons (Fsp3) is 0.632. The fourth-order valence-electron chi connectivity index (χ4n) is 4.19. The third kappa shape index (κ3) is 32.2. The minimum atomic E-state index is -1.00. The van der Waals surface area contributed by atoms with E-state index in [-0.39, 0.29) is 31.6 Å². The molecule has 0 fully saturated rings. The molecule has 0 radical (unpaired) electrons. The van der Waals surface area contributed by atoms with Crippen LogP contribution in [0.4, 0.5) is 0 Å².